The van der Waals surface area contributed by atoms with Gasteiger partial charge in [-0.3, -0.25) is 4.79 Å². The molecule has 0 unspecified atom stereocenters. The first-order chi connectivity index (χ1) is 14.0. The maximum absolute atomic E-state index is 12.8. The molecule has 0 atom stereocenters. The molecule has 7 nitrogen and oxygen atoms in total. The highest BCUT2D eigenvalue weighted by Gasteiger charge is 2.14. The zero-order valence-electron chi connectivity index (χ0n) is 16.5. The lowest BCUT2D eigenvalue weighted by atomic mass is 10.2. The molecule has 3 aromatic rings. The Morgan fingerprint density at radius 1 is 0.966 bits per heavy atom. The van der Waals surface area contributed by atoms with E-state index in [-0.39, 0.29) is 17.6 Å². The number of nitrogens with one attached hydrogen (secondary N) is 2. The first-order valence-electron chi connectivity index (χ1n) is 9.17. The number of amides is 1. The lowest BCUT2D eigenvalue weighted by Gasteiger charge is -2.12. The first-order valence-corrected chi connectivity index (χ1v) is 9.17. The number of nitrogens with zero attached hydrogens (tertiary/aromatic N) is 2. The van der Waals surface area contributed by atoms with Gasteiger partial charge in [-0.25, -0.2) is 14.8 Å². The predicted octanol–water partition coefficient (Wildman–Crippen LogP) is 4.00. The number of carbonyl (C=O) groups excluding carboxylic acids is 2. The van der Waals surface area contributed by atoms with E-state index in [1.807, 2.05) is 44.2 Å². The summed E-state index contributed by atoms with van der Waals surface area (Å²) in [5.41, 5.74) is 2.00. The second-order valence-corrected chi connectivity index (χ2v) is 6.65. The maximum Gasteiger partial charge on any atom is 0.337 e. The Hall–Kier alpha value is -3.74. The van der Waals surface area contributed by atoms with Crippen LogP contribution in [0.15, 0.2) is 60.7 Å². The summed E-state index contributed by atoms with van der Waals surface area (Å²) in [5, 5.41) is 6.01. The van der Waals surface area contributed by atoms with Crippen LogP contribution in [-0.2, 0) is 4.74 Å². The number of hydrogen-bond acceptors (Lipinski definition) is 6. The van der Waals surface area contributed by atoms with Crippen molar-refractivity contribution in [2.45, 2.75) is 19.9 Å². The van der Waals surface area contributed by atoms with Gasteiger partial charge < -0.3 is 15.4 Å². The van der Waals surface area contributed by atoms with Crippen LogP contribution in [0.25, 0.3) is 11.4 Å². The molecule has 0 radical (unpaired) electrons. The average Bonchev–Trinajstić information content (AvgIpc) is 2.73. The van der Waals surface area contributed by atoms with Crippen molar-refractivity contribution in [2.24, 2.45) is 0 Å². The summed E-state index contributed by atoms with van der Waals surface area (Å²) in [5.74, 6) is 0.222. The van der Waals surface area contributed by atoms with E-state index in [2.05, 4.69) is 25.3 Å². The molecule has 29 heavy (non-hydrogen) atoms. The average molecular weight is 390 g/mol. The van der Waals surface area contributed by atoms with Gasteiger partial charge in [0.25, 0.3) is 5.91 Å². The third-order valence-electron chi connectivity index (χ3n) is 3.99. The Morgan fingerprint density at radius 2 is 1.66 bits per heavy atom. The summed E-state index contributed by atoms with van der Waals surface area (Å²) in [4.78, 5) is 33.3. The van der Waals surface area contributed by atoms with Crippen LogP contribution in [0.4, 0.5) is 11.5 Å². The molecule has 0 saturated carbocycles. The fourth-order valence-corrected chi connectivity index (χ4v) is 2.65. The topological polar surface area (TPSA) is 93.2 Å². The van der Waals surface area contributed by atoms with Gasteiger partial charge in [0.05, 0.1) is 12.7 Å². The van der Waals surface area contributed by atoms with Crippen LogP contribution in [0.3, 0.4) is 0 Å². The van der Waals surface area contributed by atoms with Gasteiger partial charge in [0, 0.05) is 23.4 Å². The summed E-state index contributed by atoms with van der Waals surface area (Å²) in [6.07, 6.45) is 0. The minimum absolute atomic E-state index is 0.148. The molecule has 0 aliphatic rings. The standard InChI is InChI=1S/C22H22N4O3/c1-14(2)23-19-13-18(25-20(26-19)15-7-5-4-6-8-15)21(27)24-17-11-9-16(10-12-17)22(28)29-3/h4-14H,1-3H3,(H,24,27)(H,23,25,26). The van der Waals surface area contributed by atoms with Crippen molar-refractivity contribution in [3.05, 3.63) is 71.9 Å². The highest BCUT2D eigenvalue weighted by atomic mass is 16.5. The van der Waals surface area contributed by atoms with Crippen molar-refractivity contribution in [1.82, 2.24) is 9.97 Å². The zero-order valence-corrected chi connectivity index (χ0v) is 16.5. The second-order valence-electron chi connectivity index (χ2n) is 6.65. The zero-order chi connectivity index (χ0) is 20.8. The molecule has 148 valence electrons. The SMILES string of the molecule is COC(=O)c1ccc(NC(=O)c2cc(NC(C)C)nc(-c3ccccc3)n2)cc1. The van der Waals surface area contributed by atoms with Gasteiger partial charge in [-0.15, -0.1) is 0 Å². The Morgan fingerprint density at radius 3 is 2.28 bits per heavy atom. The quantitative estimate of drug-likeness (QED) is 0.618. The van der Waals surface area contributed by atoms with Crippen molar-refractivity contribution >= 4 is 23.4 Å². The molecule has 1 heterocycles. The minimum atomic E-state index is -0.435. The normalized spacial score (nSPS) is 10.5. The molecular formula is C22H22N4O3. The summed E-state index contributed by atoms with van der Waals surface area (Å²) in [7, 11) is 1.32. The summed E-state index contributed by atoms with van der Waals surface area (Å²) >= 11 is 0. The van der Waals surface area contributed by atoms with Crippen molar-refractivity contribution in [3.8, 4) is 11.4 Å². The van der Waals surface area contributed by atoms with E-state index >= 15 is 0 Å². The molecule has 0 saturated heterocycles. The van der Waals surface area contributed by atoms with Crippen LogP contribution in [-0.4, -0.2) is 35.0 Å². The van der Waals surface area contributed by atoms with Crippen LogP contribution in [0.2, 0.25) is 0 Å². The number of anilines is 2. The van der Waals surface area contributed by atoms with Crippen LogP contribution in [0.5, 0.6) is 0 Å². The molecule has 1 amide bonds. The molecule has 2 N–H and O–H groups in total. The number of benzene rings is 2. The summed E-state index contributed by atoms with van der Waals surface area (Å²) in [6.45, 7) is 3.99. The molecule has 3 rings (SSSR count). The number of hydrogen-bond donors (Lipinski definition) is 2. The monoisotopic (exact) mass is 390 g/mol. The molecule has 7 heteroatoms. The third kappa shape index (κ3) is 5.16. The van der Waals surface area contributed by atoms with Crippen LogP contribution in [0, 0.1) is 0 Å². The van der Waals surface area contributed by atoms with E-state index in [1.54, 1.807) is 30.3 Å². The number of rotatable bonds is 6. The summed E-state index contributed by atoms with van der Waals surface area (Å²) in [6, 6.07) is 17.7. The predicted molar refractivity (Wildman–Crippen MR) is 112 cm³/mol. The molecule has 0 aliphatic heterocycles. The highest BCUT2D eigenvalue weighted by molar-refractivity contribution is 6.03. The Bertz CT molecular complexity index is 1000. The Kier molecular flexibility index (Phi) is 6.19. The minimum Gasteiger partial charge on any atom is -0.465 e. The lowest BCUT2D eigenvalue weighted by Crippen LogP contribution is -2.17. The van der Waals surface area contributed by atoms with Crippen molar-refractivity contribution in [2.75, 3.05) is 17.7 Å². The molecule has 0 aliphatic carbocycles. The van der Waals surface area contributed by atoms with E-state index in [9.17, 15) is 9.59 Å². The van der Waals surface area contributed by atoms with E-state index < -0.39 is 5.97 Å². The number of esters is 1. The molecular weight excluding hydrogens is 368 g/mol. The Labute approximate surface area is 169 Å². The molecule has 0 fully saturated rings. The highest BCUT2D eigenvalue weighted by Crippen LogP contribution is 2.19. The van der Waals surface area contributed by atoms with E-state index in [1.165, 1.54) is 7.11 Å². The fraction of sp³-hybridized carbons (Fsp3) is 0.182. The Balaban J connectivity index is 1.88. The molecule has 1 aromatic heterocycles. The molecule has 0 bridgehead atoms. The van der Waals surface area contributed by atoms with Crippen molar-refractivity contribution < 1.29 is 14.3 Å². The smallest absolute Gasteiger partial charge is 0.337 e. The molecule has 2 aromatic carbocycles. The second kappa shape index (κ2) is 8.97. The van der Waals surface area contributed by atoms with Gasteiger partial charge in [0.2, 0.25) is 0 Å². The van der Waals surface area contributed by atoms with Gasteiger partial charge in [-0.05, 0) is 38.1 Å². The van der Waals surface area contributed by atoms with Crippen molar-refractivity contribution in [1.29, 1.82) is 0 Å². The number of aromatic nitrogens is 2. The fourth-order valence-electron chi connectivity index (χ4n) is 2.65. The van der Waals surface area contributed by atoms with Crippen LogP contribution >= 0.6 is 0 Å². The number of carbonyl (C=O) groups is 2. The van der Waals surface area contributed by atoms with E-state index in [0.29, 0.717) is 22.9 Å². The number of methoxy groups -OCH3 is 1. The van der Waals surface area contributed by atoms with Crippen LogP contribution in [0.1, 0.15) is 34.7 Å². The van der Waals surface area contributed by atoms with Gasteiger partial charge in [0.15, 0.2) is 5.82 Å². The van der Waals surface area contributed by atoms with E-state index in [0.717, 1.165) is 5.56 Å². The summed E-state index contributed by atoms with van der Waals surface area (Å²) < 4.78 is 4.68. The van der Waals surface area contributed by atoms with Crippen LogP contribution < -0.4 is 10.6 Å². The van der Waals surface area contributed by atoms with Crippen molar-refractivity contribution in [3.63, 3.8) is 0 Å². The third-order valence-corrected chi connectivity index (χ3v) is 3.99. The largest absolute Gasteiger partial charge is 0.465 e. The maximum atomic E-state index is 12.8. The van der Waals surface area contributed by atoms with Gasteiger partial charge in [0.1, 0.15) is 11.5 Å². The van der Waals surface area contributed by atoms with Gasteiger partial charge >= 0.3 is 5.97 Å². The first kappa shape index (κ1) is 20.0. The van der Waals surface area contributed by atoms with E-state index in [4.69, 9.17) is 0 Å². The van der Waals surface area contributed by atoms with Gasteiger partial charge in [-0.1, -0.05) is 30.3 Å². The lowest BCUT2D eigenvalue weighted by molar-refractivity contribution is 0.0600. The molecule has 0 spiro atoms. The van der Waals surface area contributed by atoms with Gasteiger partial charge in [-0.2, -0.15) is 0 Å². The number of ether oxygens (including phenoxy) is 1.